The summed E-state index contributed by atoms with van der Waals surface area (Å²) in [5.74, 6) is -1.73. The van der Waals surface area contributed by atoms with E-state index in [1.807, 2.05) is 0 Å². The van der Waals surface area contributed by atoms with E-state index in [2.05, 4.69) is 10.1 Å². The Morgan fingerprint density at radius 1 is 1.15 bits per heavy atom. The van der Waals surface area contributed by atoms with Crippen LogP contribution in [0.25, 0.3) is 0 Å². The second kappa shape index (κ2) is 7.96. The molecular formula is C17H17FN2O5S. The lowest BCUT2D eigenvalue weighted by Crippen LogP contribution is -2.37. The zero-order valence-corrected chi connectivity index (χ0v) is 14.9. The van der Waals surface area contributed by atoms with E-state index in [-0.39, 0.29) is 16.9 Å². The Morgan fingerprint density at radius 3 is 2.35 bits per heavy atom. The van der Waals surface area contributed by atoms with Crippen LogP contribution in [0.15, 0.2) is 48.5 Å². The van der Waals surface area contributed by atoms with Crippen molar-refractivity contribution in [3.05, 3.63) is 59.9 Å². The minimum absolute atomic E-state index is 0.203. The minimum atomic E-state index is -3.77. The average molecular weight is 380 g/mol. The first-order valence-corrected chi connectivity index (χ1v) is 9.27. The molecule has 1 N–H and O–H groups in total. The van der Waals surface area contributed by atoms with E-state index >= 15 is 0 Å². The Morgan fingerprint density at radius 2 is 1.81 bits per heavy atom. The Bertz CT molecular complexity index is 913. The third kappa shape index (κ3) is 5.03. The van der Waals surface area contributed by atoms with Gasteiger partial charge in [-0.1, -0.05) is 6.07 Å². The topological polar surface area (TPSA) is 92.8 Å². The molecule has 0 saturated carbocycles. The number of carbonyl (C=O) groups excluding carboxylic acids is 2. The number of ether oxygens (including phenoxy) is 1. The number of hydrogen-bond donors (Lipinski definition) is 1. The number of benzene rings is 2. The average Bonchev–Trinajstić information content (AvgIpc) is 2.58. The maximum Gasteiger partial charge on any atom is 0.337 e. The fourth-order valence-electron chi connectivity index (χ4n) is 2.18. The van der Waals surface area contributed by atoms with Gasteiger partial charge < -0.3 is 10.1 Å². The fourth-order valence-corrected chi connectivity index (χ4v) is 3.04. The summed E-state index contributed by atoms with van der Waals surface area (Å²) < 4.78 is 42.7. The number of anilines is 2. The van der Waals surface area contributed by atoms with Gasteiger partial charge in [0.1, 0.15) is 12.4 Å². The lowest BCUT2D eigenvalue weighted by atomic mass is 10.2. The van der Waals surface area contributed by atoms with Crippen LogP contribution in [0.5, 0.6) is 0 Å². The molecule has 26 heavy (non-hydrogen) atoms. The molecule has 0 aliphatic rings. The van der Waals surface area contributed by atoms with Gasteiger partial charge in [-0.15, -0.1) is 0 Å². The summed E-state index contributed by atoms with van der Waals surface area (Å²) in [5.41, 5.74) is 0.660. The number of halogens is 1. The minimum Gasteiger partial charge on any atom is -0.465 e. The first-order chi connectivity index (χ1) is 12.2. The Kier molecular flexibility index (Phi) is 5.93. The van der Waals surface area contributed by atoms with E-state index in [0.29, 0.717) is 0 Å². The molecule has 0 bridgehead atoms. The van der Waals surface area contributed by atoms with Crippen molar-refractivity contribution in [3.8, 4) is 0 Å². The van der Waals surface area contributed by atoms with Gasteiger partial charge in [0.2, 0.25) is 15.9 Å². The molecular weight excluding hydrogens is 363 g/mol. The zero-order valence-electron chi connectivity index (χ0n) is 14.1. The molecule has 7 nitrogen and oxygen atoms in total. The monoisotopic (exact) mass is 380 g/mol. The number of carbonyl (C=O) groups is 2. The van der Waals surface area contributed by atoms with Gasteiger partial charge in [-0.3, -0.25) is 9.10 Å². The predicted octanol–water partition coefficient (Wildman–Crippen LogP) is 2.02. The molecule has 0 radical (unpaired) electrons. The summed E-state index contributed by atoms with van der Waals surface area (Å²) >= 11 is 0. The van der Waals surface area contributed by atoms with Crippen molar-refractivity contribution in [1.82, 2.24) is 0 Å². The molecule has 0 aliphatic carbocycles. The Hall–Kier alpha value is -2.94. The van der Waals surface area contributed by atoms with Gasteiger partial charge in [0.05, 0.1) is 24.6 Å². The summed E-state index contributed by atoms with van der Waals surface area (Å²) in [6.45, 7) is -0.507. The standard InChI is InChI=1S/C17H17FN2O5S/c1-25-17(22)12-6-8-15(9-7-12)20(26(2,23)24)11-16(21)19-14-5-3-4-13(18)10-14/h3-10H,11H2,1-2H3,(H,19,21). The Labute approximate surface area is 150 Å². The number of esters is 1. The molecule has 0 fully saturated rings. The summed E-state index contributed by atoms with van der Waals surface area (Å²) in [6, 6.07) is 10.8. The number of methoxy groups -OCH3 is 1. The second-order valence-electron chi connectivity index (χ2n) is 5.37. The van der Waals surface area contributed by atoms with Crippen LogP contribution < -0.4 is 9.62 Å². The molecule has 0 saturated heterocycles. The van der Waals surface area contributed by atoms with E-state index < -0.39 is 34.3 Å². The number of hydrogen-bond acceptors (Lipinski definition) is 5. The molecule has 0 spiro atoms. The van der Waals surface area contributed by atoms with Crippen LogP contribution in [0.1, 0.15) is 10.4 Å². The molecule has 0 heterocycles. The smallest absolute Gasteiger partial charge is 0.337 e. The second-order valence-corrected chi connectivity index (χ2v) is 7.27. The van der Waals surface area contributed by atoms with Crippen LogP contribution in [0.2, 0.25) is 0 Å². The number of nitrogens with one attached hydrogen (secondary N) is 1. The molecule has 138 valence electrons. The van der Waals surface area contributed by atoms with Crippen LogP contribution in [0.4, 0.5) is 15.8 Å². The molecule has 0 aromatic heterocycles. The van der Waals surface area contributed by atoms with Gasteiger partial charge in [0.25, 0.3) is 0 Å². The number of nitrogens with zero attached hydrogens (tertiary/aromatic N) is 1. The maximum absolute atomic E-state index is 13.2. The quantitative estimate of drug-likeness (QED) is 0.774. The number of sulfonamides is 1. The molecule has 9 heteroatoms. The van der Waals surface area contributed by atoms with Crippen molar-refractivity contribution in [3.63, 3.8) is 0 Å². The third-order valence-electron chi connectivity index (χ3n) is 3.37. The summed E-state index contributed by atoms with van der Waals surface area (Å²) in [6.07, 6.45) is 0.955. The van der Waals surface area contributed by atoms with Gasteiger partial charge in [0.15, 0.2) is 0 Å². The fraction of sp³-hybridized carbons (Fsp3) is 0.176. The molecule has 2 aromatic rings. The first kappa shape index (κ1) is 19.4. The molecule has 0 atom stereocenters. The SMILES string of the molecule is COC(=O)c1ccc(N(CC(=O)Nc2cccc(F)c2)S(C)(=O)=O)cc1. The van der Waals surface area contributed by atoms with Crippen molar-refractivity contribution in [2.24, 2.45) is 0 Å². The first-order valence-electron chi connectivity index (χ1n) is 7.42. The Balaban J connectivity index is 2.20. The van der Waals surface area contributed by atoms with E-state index in [1.165, 1.54) is 49.6 Å². The van der Waals surface area contributed by atoms with E-state index in [9.17, 15) is 22.4 Å². The van der Waals surface area contributed by atoms with Gasteiger partial charge in [-0.2, -0.15) is 0 Å². The van der Waals surface area contributed by atoms with Crippen LogP contribution in [0.3, 0.4) is 0 Å². The van der Waals surface area contributed by atoms with Crippen molar-refractivity contribution in [2.45, 2.75) is 0 Å². The molecule has 2 rings (SSSR count). The van der Waals surface area contributed by atoms with Crippen LogP contribution in [-0.4, -0.2) is 40.2 Å². The highest BCUT2D eigenvalue weighted by Crippen LogP contribution is 2.19. The highest BCUT2D eigenvalue weighted by Gasteiger charge is 2.21. The molecule has 2 aromatic carbocycles. The van der Waals surface area contributed by atoms with E-state index in [4.69, 9.17) is 0 Å². The van der Waals surface area contributed by atoms with Gasteiger partial charge in [0, 0.05) is 5.69 Å². The summed E-state index contributed by atoms with van der Waals surface area (Å²) in [7, 11) is -2.54. The number of rotatable bonds is 6. The third-order valence-corrected chi connectivity index (χ3v) is 4.51. The van der Waals surface area contributed by atoms with Crippen LogP contribution in [-0.2, 0) is 19.6 Å². The number of amides is 1. The van der Waals surface area contributed by atoms with E-state index in [0.717, 1.165) is 16.6 Å². The summed E-state index contributed by atoms with van der Waals surface area (Å²) in [5, 5.41) is 2.43. The van der Waals surface area contributed by atoms with Crippen molar-refractivity contribution < 1.29 is 27.1 Å². The van der Waals surface area contributed by atoms with E-state index in [1.54, 1.807) is 0 Å². The lowest BCUT2D eigenvalue weighted by molar-refractivity contribution is -0.114. The van der Waals surface area contributed by atoms with Gasteiger partial charge in [-0.25, -0.2) is 17.6 Å². The lowest BCUT2D eigenvalue weighted by Gasteiger charge is -2.22. The highest BCUT2D eigenvalue weighted by molar-refractivity contribution is 7.92. The maximum atomic E-state index is 13.2. The normalized spacial score (nSPS) is 10.9. The van der Waals surface area contributed by atoms with Crippen molar-refractivity contribution in [2.75, 3.05) is 29.5 Å². The molecule has 1 amide bonds. The largest absolute Gasteiger partial charge is 0.465 e. The molecule has 0 aliphatic heterocycles. The summed E-state index contributed by atoms with van der Waals surface area (Å²) in [4.78, 5) is 23.6. The van der Waals surface area contributed by atoms with Crippen LogP contribution >= 0.6 is 0 Å². The van der Waals surface area contributed by atoms with Crippen LogP contribution in [0, 0.1) is 5.82 Å². The highest BCUT2D eigenvalue weighted by atomic mass is 32.2. The predicted molar refractivity (Wildman–Crippen MR) is 95.0 cm³/mol. The zero-order chi connectivity index (χ0) is 19.3. The van der Waals surface area contributed by atoms with Crippen molar-refractivity contribution in [1.29, 1.82) is 0 Å². The molecule has 0 unspecified atom stereocenters. The van der Waals surface area contributed by atoms with Gasteiger partial charge >= 0.3 is 5.97 Å². The van der Waals surface area contributed by atoms with Gasteiger partial charge in [-0.05, 0) is 42.5 Å². The van der Waals surface area contributed by atoms with Crippen molar-refractivity contribution >= 4 is 33.3 Å².